The van der Waals surface area contributed by atoms with Crippen molar-refractivity contribution in [1.29, 1.82) is 0 Å². The molecule has 1 amide bonds. The molecule has 46 heavy (non-hydrogen) atoms. The second kappa shape index (κ2) is 12.0. The molecule has 0 bridgehead atoms. The lowest BCUT2D eigenvalue weighted by molar-refractivity contribution is -0.189. The van der Waals surface area contributed by atoms with Crippen LogP contribution in [-0.4, -0.2) is 47.8 Å². The number of benzene rings is 1. The van der Waals surface area contributed by atoms with E-state index in [1.54, 1.807) is 38.3 Å². The number of ether oxygens (including phenoxy) is 3. The largest absolute Gasteiger partial charge is 0.457 e. The molecule has 0 aliphatic carbocycles. The summed E-state index contributed by atoms with van der Waals surface area (Å²) in [5.74, 6) is -0.971. The first-order chi connectivity index (χ1) is 21.5. The minimum Gasteiger partial charge on any atom is -0.457 e. The summed E-state index contributed by atoms with van der Waals surface area (Å²) in [5, 5.41) is 4.95. The number of nitrogens with one attached hydrogen (secondary N) is 1. The minimum absolute atomic E-state index is 0.0517. The lowest BCUT2D eigenvalue weighted by Gasteiger charge is -2.35. The van der Waals surface area contributed by atoms with Gasteiger partial charge in [0, 0.05) is 12.1 Å². The Morgan fingerprint density at radius 2 is 1.83 bits per heavy atom. The van der Waals surface area contributed by atoms with Crippen LogP contribution in [0.4, 0.5) is 4.79 Å². The number of nitrogens with zero attached hydrogens (tertiary/aromatic N) is 2. The molecule has 2 aliphatic heterocycles. The summed E-state index contributed by atoms with van der Waals surface area (Å²) in [4.78, 5) is 57.9. The highest BCUT2D eigenvalue weighted by Gasteiger charge is 2.50. The van der Waals surface area contributed by atoms with E-state index in [0.717, 1.165) is 22.2 Å². The SMILES string of the molecule is CC[C@@]1(OC(=O)CCNC(=O)OC(C)(C)C)C(=O)OCc2c1cc1n(c2=O)Cc2c-1nc1ccccc1c2[Si](C)(C)C(C)C(C)C. The molecule has 10 nitrogen and oxygen atoms in total. The van der Waals surface area contributed by atoms with Crippen molar-refractivity contribution < 1.29 is 28.6 Å². The molecular weight excluding hydrogens is 602 g/mol. The maximum Gasteiger partial charge on any atom is 0.407 e. The van der Waals surface area contributed by atoms with Crippen molar-refractivity contribution in [2.75, 3.05) is 6.54 Å². The van der Waals surface area contributed by atoms with Crippen molar-refractivity contribution in [3.63, 3.8) is 0 Å². The topological polar surface area (TPSA) is 126 Å². The fourth-order valence-corrected chi connectivity index (χ4v) is 10.8. The molecule has 0 spiro atoms. The van der Waals surface area contributed by atoms with E-state index in [1.165, 1.54) is 5.19 Å². The van der Waals surface area contributed by atoms with Gasteiger partial charge in [-0.15, -0.1) is 0 Å². The first-order valence-corrected chi connectivity index (χ1v) is 19.1. The van der Waals surface area contributed by atoms with E-state index in [-0.39, 0.29) is 37.1 Å². The van der Waals surface area contributed by atoms with Crippen LogP contribution in [0.1, 0.15) is 78.0 Å². The van der Waals surface area contributed by atoms with Crippen molar-refractivity contribution in [2.45, 2.75) is 104 Å². The Bertz CT molecular complexity index is 1790. The number of alkyl carbamates (subject to hydrolysis) is 1. The third-order valence-electron chi connectivity index (χ3n) is 9.63. The molecule has 1 N–H and O–H groups in total. The van der Waals surface area contributed by atoms with Gasteiger partial charge in [0.2, 0.25) is 5.60 Å². The van der Waals surface area contributed by atoms with Crippen LogP contribution < -0.4 is 16.1 Å². The zero-order valence-electron chi connectivity index (χ0n) is 28.3. The molecule has 1 aromatic carbocycles. The van der Waals surface area contributed by atoms with Gasteiger partial charge in [0.05, 0.1) is 43.5 Å². The van der Waals surface area contributed by atoms with Gasteiger partial charge in [-0.3, -0.25) is 9.59 Å². The van der Waals surface area contributed by atoms with Gasteiger partial charge in [-0.05, 0) is 66.9 Å². The zero-order valence-corrected chi connectivity index (χ0v) is 29.3. The molecule has 5 rings (SSSR count). The second-order valence-electron chi connectivity index (χ2n) is 14.3. The van der Waals surface area contributed by atoms with Crippen molar-refractivity contribution >= 4 is 42.2 Å². The average Bonchev–Trinajstić information content (AvgIpc) is 3.34. The highest BCUT2D eigenvalue weighted by molar-refractivity contribution is 6.93. The van der Waals surface area contributed by atoms with Crippen LogP contribution in [0.5, 0.6) is 0 Å². The maximum atomic E-state index is 14.2. The van der Waals surface area contributed by atoms with Crippen LogP contribution in [0.2, 0.25) is 18.6 Å². The molecule has 0 fully saturated rings. The fourth-order valence-electron chi connectivity index (χ4n) is 6.81. The standard InChI is InChI=1S/C35H45N3O7Si/c1-10-35(44-28(39)15-16-36-33(42)45-34(5,6)7)25-17-27-29-23(18-38(27)31(40)24(25)19-43-32(35)41)30(46(8,9)21(4)20(2)3)22-13-11-12-14-26(22)37-29/h11-14,17,20-21H,10,15-16,18-19H2,1-9H3,(H,36,42)/t21?,35-/m0/s1. The van der Waals surface area contributed by atoms with E-state index in [4.69, 9.17) is 19.2 Å². The van der Waals surface area contributed by atoms with Crippen LogP contribution >= 0.6 is 0 Å². The minimum atomic E-state index is -2.10. The van der Waals surface area contributed by atoms with Crippen LogP contribution in [-0.2, 0) is 42.6 Å². The number of hydrogen-bond acceptors (Lipinski definition) is 8. The molecule has 2 aromatic heterocycles. The fraction of sp³-hybridized carbons (Fsp3) is 0.514. The Morgan fingerprint density at radius 1 is 1.13 bits per heavy atom. The van der Waals surface area contributed by atoms with Crippen LogP contribution in [0, 0.1) is 5.92 Å². The Kier molecular flexibility index (Phi) is 8.69. The first-order valence-electron chi connectivity index (χ1n) is 16.1. The monoisotopic (exact) mass is 647 g/mol. The summed E-state index contributed by atoms with van der Waals surface area (Å²) in [6.07, 6.45) is -0.813. The molecular formula is C35H45N3O7Si. The van der Waals surface area contributed by atoms with Gasteiger partial charge >= 0.3 is 18.0 Å². The smallest absolute Gasteiger partial charge is 0.407 e. The number of carbonyl (C=O) groups excluding carboxylic acids is 3. The van der Waals surface area contributed by atoms with Crippen LogP contribution in [0.3, 0.4) is 0 Å². The number of para-hydroxylation sites is 1. The van der Waals surface area contributed by atoms with E-state index in [9.17, 15) is 19.2 Å². The van der Waals surface area contributed by atoms with Crippen LogP contribution in [0.25, 0.3) is 22.3 Å². The Balaban J connectivity index is 1.58. The molecule has 2 aliphatic rings. The van der Waals surface area contributed by atoms with Gasteiger partial charge in [0.15, 0.2) is 0 Å². The van der Waals surface area contributed by atoms with Crippen molar-refractivity contribution in [1.82, 2.24) is 14.9 Å². The molecule has 0 saturated carbocycles. The molecule has 3 aromatic rings. The van der Waals surface area contributed by atoms with E-state index >= 15 is 0 Å². The van der Waals surface area contributed by atoms with Gasteiger partial charge in [0.25, 0.3) is 5.56 Å². The van der Waals surface area contributed by atoms with Gasteiger partial charge < -0.3 is 24.1 Å². The summed E-state index contributed by atoms with van der Waals surface area (Å²) in [7, 11) is -2.10. The van der Waals surface area contributed by atoms with Crippen molar-refractivity contribution in [2.24, 2.45) is 5.92 Å². The average molecular weight is 648 g/mol. The predicted octanol–water partition coefficient (Wildman–Crippen LogP) is 5.51. The lowest BCUT2D eigenvalue weighted by Crippen LogP contribution is -2.49. The molecule has 2 atom stereocenters. The number of fused-ring (bicyclic) bond motifs is 5. The lowest BCUT2D eigenvalue weighted by atomic mass is 9.85. The first kappa shape index (κ1) is 33.4. The predicted molar refractivity (Wildman–Crippen MR) is 179 cm³/mol. The number of esters is 2. The zero-order chi connectivity index (χ0) is 33.8. The molecule has 0 radical (unpaired) electrons. The van der Waals surface area contributed by atoms with E-state index in [1.807, 2.05) is 18.2 Å². The molecule has 11 heteroatoms. The molecule has 0 saturated heterocycles. The number of rotatable bonds is 8. The number of aromatic nitrogens is 2. The summed E-state index contributed by atoms with van der Waals surface area (Å²) in [6.45, 7) is 18.7. The summed E-state index contributed by atoms with van der Waals surface area (Å²) in [5.41, 5.74) is 1.51. The highest BCUT2D eigenvalue weighted by Crippen LogP contribution is 2.42. The Morgan fingerprint density at radius 3 is 2.48 bits per heavy atom. The van der Waals surface area contributed by atoms with Gasteiger partial charge in [0.1, 0.15) is 12.2 Å². The Labute approximate surface area is 270 Å². The summed E-state index contributed by atoms with van der Waals surface area (Å²) in [6, 6.07) is 9.93. The quantitative estimate of drug-likeness (QED) is 0.151. The summed E-state index contributed by atoms with van der Waals surface area (Å²) >= 11 is 0. The molecule has 4 heterocycles. The molecule has 246 valence electrons. The van der Waals surface area contributed by atoms with Crippen LogP contribution in [0.15, 0.2) is 35.1 Å². The molecule has 1 unspecified atom stereocenters. The van der Waals surface area contributed by atoms with Crippen molar-refractivity contribution in [3.05, 3.63) is 57.4 Å². The van der Waals surface area contributed by atoms with Crippen molar-refractivity contribution in [3.8, 4) is 11.4 Å². The number of cyclic esters (lactones) is 1. The van der Waals surface area contributed by atoms with E-state index in [2.05, 4.69) is 45.2 Å². The number of amides is 1. The van der Waals surface area contributed by atoms with E-state index < -0.39 is 37.3 Å². The number of pyridine rings is 2. The number of carbonyl (C=O) groups is 3. The third-order valence-corrected chi connectivity index (χ3v) is 14.4. The van der Waals surface area contributed by atoms with Gasteiger partial charge in [-0.1, -0.05) is 59.0 Å². The normalized spacial score (nSPS) is 18.0. The number of hydrogen-bond donors (Lipinski definition) is 1. The maximum absolute atomic E-state index is 14.2. The second-order valence-corrected chi connectivity index (χ2v) is 19.2. The van der Waals surface area contributed by atoms with Gasteiger partial charge in [-0.25, -0.2) is 14.6 Å². The highest BCUT2D eigenvalue weighted by atomic mass is 28.3. The van der Waals surface area contributed by atoms with Gasteiger partial charge in [-0.2, -0.15) is 0 Å². The Hall–Kier alpha value is -3.99. The third kappa shape index (κ3) is 5.74. The summed E-state index contributed by atoms with van der Waals surface area (Å²) < 4.78 is 18.3. The van der Waals surface area contributed by atoms with E-state index in [0.29, 0.717) is 29.3 Å².